The van der Waals surface area contributed by atoms with Crippen molar-refractivity contribution in [3.05, 3.63) is 58.4 Å². The van der Waals surface area contributed by atoms with Gasteiger partial charge >= 0.3 is 0 Å². The van der Waals surface area contributed by atoms with Crippen LogP contribution in [0, 0.1) is 12.7 Å². The number of nitrogens with one attached hydrogen (secondary N) is 1. The number of rotatable bonds is 2. The maximum atomic E-state index is 13.5. The molecule has 21 heavy (non-hydrogen) atoms. The first-order valence-electron chi connectivity index (χ1n) is 6.41. The van der Waals surface area contributed by atoms with Crippen LogP contribution in [0.5, 0.6) is 0 Å². The second-order valence-electron chi connectivity index (χ2n) is 4.89. The molecule has 0 bridgehead atoms. The molecule has 0 aliphatic rings. The number of halogens is 2. The quantitative estimate of drug-likeness (QED) is 0.657. The third kappa shape index (κ3) is 2.83. The van der Waals surface area contributed by atoms with Gasteiger partial charge in [-0.2, -0.15) is 0 Å². The number of pyridine rings is 1. The summed E-state index contributed by atoms with van der Waals surface area (Å²) in [6, 6.07) is 10.4. The van der Waals surface area contributed by atoms with Crippen LogP contribution in [0.15, 0.2) is 47.1 Å². The monoisotopic (exact) mass is 345 g/mol. The minimum Gasteiger partial charge on any atom is -0.398 e. The lowest BCUT2D eigenvalue weighted by atomic mass is 10.1. The van der Waals surface area contributed by atoms with Gasteiger partial charge in [-0.3, -0.25) is 4.98 Å². The first-order chi connectivity index (χ1) is 10.0. The summed E-state index contributed by atoms with van der Waals surface area (Å²) in [6.45, 7) is 1.85. The lowest BCUT2D eigenvalue weighted by Gasteiger charge is -2.11. The summed E-state index contributed by atoms with van der Waals surface area (Å²) >= 11 is 3.39. The summed E-state index contributed by atoms with van der Waals surface area (Å²) in [5.74, 6) is -0.270. The predicted molar refractivity (Wildman–Crippen MR) is 88.3 cm³/mol. The fourth-order valence-corrected chi connectivity index (χ4v) is 2.61. The van der Waals surface area contributed by atoms with Crippen molar-refractivity contribution in [1.82, 2.24) is 4.98 Å². The van der Waals surface area contributed by atoms with E-state index in [1.807, 2.05) is 31.2 Å². The Labute approximate surface area is 130 Å². The van der Waals surface area contributed by atoms with Crippen molar-refractivity contribution in [2.75, 3.05) is 11.1 Å². The molecule has 0 fully saturated rings. The molecule has 1 aromatic heterocycles. The molecule has 3 N–H and O–H groups in total. The first-order valence-corrected chi connectivity index (χ1v) is 7.20. The lowest BCUT2D eigenvalue weighted by molar-refractivity contribution is 0.627. The standard InChI is InChI=1S/C16H13BrFN3/c1-9-4-11(18)7-12(5-9)21-15-3-2-14(19)13-6-10(17)8-20-16(13)15/h2-8,21H,19H2,1H3. The Morgan fingerprint density at radius 3 is 2.76 bits per heavy atom. The average Bonchev–Trinajstić information content (AvgIpc) is 2.41. The Hall–Kier alpha value is -2.14. The molecule has 2 aromatic carbocycles. The van der Waals surface area contributed by atoms with Gasteiger partial charge in [-0.25, -0.2) is 4.39 Å². The number of hydrogen-bond acceptors (Lipinski definition) is 3. The van der Waals surface area contributed by atoms with E-state index < -0.39 is 0 Å². The van der Waals surface area contributed by atoms with Crippen LogP contribution in [0.2, 0.25) is 0 Å². The zero-order valence-electron chi connectivity index (χ0n) is 11.3. The largest absolute Gasteiger partial charge is 0.398 e. The smallest absolute Gasteiger partial charge is 0.125 e. The number of fused-ring (bicyclic) bond motifs is 1. The summed E-state index contributed by atoms with van der Waals surface area (Å²) in [5, 5.41) is 4.05. The fourth-order valence-electron chi connectivity index (χ4n) is 2.28. The van der Waals surface area contributed by atoms with Crippen molar-refractivity contribution in [2.45, 2.75) is 6.92 Å². The number of benzene rings is 2. The third-order valence-electron chi connectivity index (χ3n) is 3.17. The summed E-state index contributed by atoms with van der Waals surface area (Å²) in [4.78, 5) is 4.40. The van der Waals surface area contributed by atoms with Crippen LogP contribution in [0.4, 0.5) is 21.5 Å². The van der Waals surface area contributed by atoms with Crippen molar-refractivity contribution in [3.8, 4) is 0 Å². The third-order valence-corrected chi connectivity index (χ3v) is 3.60. The molecule has 0 saturated heterocycles. The molecule has 0 amide bonds. The molecular weight excluding hydrogens is 333 g/mol. The predicted octanol–water partition coefficient (Wildman–Crippen LogP) is 4.77. The Morgan fingerprint density at radius 1 is 1.19 bits per heavy atom. The second-order valence-corrected chi connectivity index (χ2v) is 5.81. The van der Waals surface area contributed by atoms with Gasteiger partial charge in [-0.1, -0.05) is 0 Å². The highest BCUT2D eigenvalue weighted by Crippen LogP contribution is 2.31. The molecule has 0 atom stereocenters. The van der Waals surface area contributed by atoms with Gasteiger partial charge in [0.2, 0.25) is 0 Å². The van der Waals surface area contributed by atoms with Crippen molar-refractivity contribution in [1.29, 1.82) is 0 Å². The van der Waals surface area contributed by atoms with Crippen LogP contribution in [0.1, 0.15) is 5.56 Å². The Balaban J connectivity index is 2.10. The molecule has 0 spiro atoms. The number of anilines is 3. The number of hydrogen-bond donors (Lipinski definition) is 2. The van der Waals surface area contributed by atoms with E-state index in [9.17, 15) is 4.39 Å². The highest BCUT2D eigenvalue weighted by Gasteiger charge is 2.07. The molecule has 3 nitrogen and oxygen atoms in total. The summed E-state index contributed by atoms with van der Waals surface area (Å²) in [5.41, 5.74) is 9.72. The Kier molecular flexibility index (Phi) is 3.51. The molecule has 3 rings (SSSR count). The molecular formula is C16H13BrFN3. The topological polar surface area (TPSA) is 50.9 Å². The van der Waals surface area contributed by atoms with Gasteiger partial charge < -0.3 is 11.1 Å². The van der Waals surface area contributed by atoms with E-state index >= 15 is 0 Å². The zero-order valence-corrected chi connectivity index (χ0v) is 12.9. The maximum absolute atomic E-state index is 13.5. The zero-order chi connectivity index (χ0) is 15.0. The Bertz CT molecular complexity index is 813. The molecule has 0 unspecified atom stereocenters. The number of nitrogen functional groups attached to an aromatic ring is 1. The molecule has 0 radical (unpaired) electrons. The van der Waals surface area contributed by atoms with Crippen molar-refractivity contribution in [2.24, 2.45) is 0 Å². The first kappa shape index (κ1) is 13.8. The van der Waals surface area contributed by atoms with E-state index in [2.05, 4.69) is 26.2 Å². The summed E-state index contributed by atoms with van der Waals surface area (Å²) in [6.07, 6.45) is 1.71. The van der Waals surface area contributed by atoms with Crippen molar-refractivity contribution in [3.63, 3.8) is 0 Å². The van der Waals surface area contributed by atoms with Gasteiger partial charge in [0.1, 0.15) is 5.82 Å². The minimum atomic E-state index is -0.270. The van der Waals surface area contributed by atoms with Gasteiger partial charge in [0, 0.05) is 27.4 Å². The highest BCUT2D eigenvalue weighted by atomic mass is 79.9. The Morgan fingerprint density at radius 2 is 2.00 bits per heavy atom. The SMILES string of the molecule is Cc1cc(F)cc(Nc2ccc(N)c3cc(Br)cnc23)c1. The number of aryl methyl sites for hydroxylation is 1. The van der Waals surface area contributed by atoms with Gasteiger partial charge in [-0.15, -0.1) is 0 Å². The number of nitrogens with zero attached hydrogens (tertiary/aromatic N) is 1. The van der Waals surface area contributed by atoms with Crippen LogP contribution in [0.3, 0.4) is 0 Å². The molecule has 0 aliphatic heterocycles. The second kappa shape index (κ2) is 5.33. The summed E-state index contributed by atoms with van der Waals surface area (Å²) < 4.78 is 14.3. The van der Waals surface area contributed by atoms with E-state index in [1.54, 1.807) is 6.20 Å². The van der Waals surface area contributed by atoms with Crippen molar-refractivity contribution < 1.29 is 4.39 Å². The highest BCUT2D eigenvalue weighted by molar-refractivity contribution is 9.10. The van der Waals surface area contributed by atoms with E-state index in [1.165, 1.54) is 12.1 Å². The van der Waals surface area contributed by atoms with Crippen LogP contribution >= 0.6 is 15.9 Å². The van der Waals surface area contributed by atoms with Gasteiger partial charge in [0.05, 0.1) is 11.2 Å². The minimum absolute atomic E-state index is 0.270. The van der Waals surface area contributed by atoms with Gasteiger partial charge in [-0.05, 0) is 64.8 Å². The number of aromatic nitrogens is 1. The van der Waals surface area contributed by atoms with Crippen LogP contribution in [0.25, 0.3) is 10.9 Å². The van der Waals surface area contributed by atoms with Gasteiger partial charge in [0.15, 0.2) is 0 Å². The number of nitrogens with two attached hydrogens (primary N) is 1. The molecule has 0 saturated carbocycles. The van der Waals surface area contributed by atoms with Crippen LogP contribution in [-0.2, 0) is 0 Å². The van der Waals surface area contributed by atoms with E-state index in [-0.39, 0.29) is 5.82 Å². The summed E-state index contributed by atoms with van der Waals surface area (Å²) in [7, 11) is 0. The van der Waals surface area contributed by atoms with E-state index in [0.29, 0.717) is 11.4 Å². The molecule has 0 aliphatic carbocycles. The van der Waals surface area contributed by atoms with E-state index in [0.717, 1.165) is 26.6 Å². The molecule has 5 heteroatoms. The maximum Gasteiger partial charge on any atom is 0.125 e. The fraction of sp³-hybridized carbons (Fsp3) is 0.0625. The van der Waals surface area contributed by atoms with Crippen molar-refractivity contribution >= 4 is 43.9 Å². The molecule has 3 aromatic rings. The van der Waals surface area contributed by atoms with Crippen LogP contribution < -0.4 is 11.1 Å². The molecule has 106 valence electrons. The normalized spacial score (nSPS) is 10.8. The van der Waals surface area contributed by atoms with Gasteiger partial charge in [0.25, 0.3) is 0 Å². The lowest BCUT2D eigenvalue weighted by Crippen LogP contribution is -1.97. The average molecular weight is 346 g/mol. The molecule has 1 heterocycles. The van der Waals surface area contributed by atoms with E-state index in [4.69, 9.17) is 5.73 Å². The van der Waals surface area contributed by atoms with Crippen LogP contribution in [-0.4, -0.2) is 4.98 Å².